The molecule has 2 N–H and O–H groups in total. The molecule has 0 unspecified atom stereocenters. The van der Waals surface area contributed by atoms with Gasteiger partial charge in [0.05, 0.1) is 7.11 Å². The van der Waals surface area contributed by atoms with Crippen molar-refractivity contribution in [2.24, 2.45) is 5.92 Å². The van der Waals surface area contributed by atoms with Gasteiger partial charge in [-0.2, -0.15) is 0 Å². The predicted molar refractivity (Wildman–Crippen MR) is 129 cm³/mol. The van der Waals surface area contributed by atoms with Crippen molar-refractivity contribution in [1.82, 2.24) is 15.5 Å². The van der Waals surface area contributed by atoms with Crippen LogP contribution in [-0.2, 0) is 16.0 Å². The molecule has 1 atom stereocenters. The number of nitrogens with one attached hydrogen (secondary N) is 2. The zero-order chi connectivity index (χ0) is 23.9. The SMILES string of the molecule is COc1ccc(C(=O)N[C@@H](C(=O)NC2CC2)C2CCN(C(=O)CCc3ccccc3)CC2)cc1. The smallest absolute Gasteiger partial charge is 0.251 e. The largest absolute Gasteiger partial charge is 0.497 e. The van der Waals surface area contributed by atoms with E-state index in [0.29, 0.717) is 43.7 Å². The van der Waals surface area contributed by atoms with Gasteiger partial charge in [-0.25, -0.2) is 0 Å². The zero-order valence-corrected chi connectivity index (χ0v) is 19.7. The maximum atomic E-state index is 13.0. The minimum Gasteiger partial charge on any atom is -0.497 e. The Labute approximate surface area is 200 Å². The lowest BCUT2D eigenvalue weighted by atomic mass is 9.88. The molecule has 0 radical (unpaired) electrons. The van der Waals surface area contributed by atoms with Gasteiger partial charge in [0.15, 0.2) is 0 Å². The third-order valence-electron chi connectivity index (χ3n) is 6.68. The number of aryl methyl sites for hydroxylation is 1. The van der Waals surface area contributed by atoms with Crippen LogP contribution in [0.5, 0.6) is 5.75 Å². The highest BCUT2D eigenvalue weighted by Gasteiger charge is 2.36. The minimum atomic E-state index is -0.614. The van der Waals surface area contributed by atoms with Gasteiger partial charge in [-0.3, -0.25) is 14.4 Å². The van der Waals surface area contributed by atoms with E-state index >= 15 is 0 Å². The van der Waals surface area contributed by atoms with Crippen molar-refractivity contribution in [3.8, 4) is 5.75 Å². The molecule has 1 aliphatic heterocycles. The van der Waals surface area contributed by atoms with Crippen molar-refractivity contribution in [2.75, 3.05) is 20.2 Å². The van der Waals surface area contributed by atoms with Crippen molar-refractivity contribution >= 4 is 17.7 Å². The molecule has 2 aromatic carbocycles. The summed E-state index contributed by atoms with van der Waals surface area (Å²) in [6, 6.07) is 16.5. The highest BCUT2D eigenvalue weighted by molar-refractivity contribution is 5.97. The second kappa shape index (κ2) is 11.2. The molecule has 2 aliphatic rings. The first kappa shape index (κ1) is 23.8. The molecule has 4 rings (SSSR count). The van der Waals surface area contributed by atoms with E-state index in [1.807, 2.05) is 35.2 Å². The van der Waals surface area contributed by atoms with E-state index in [1.165, 1.54) is 0 Å². The summed E-state index contributed by atoms with van der Waals surface area (Å²) < 4.78 is 5.16. The second-order valence-electron chi connectivity index (χ2n) is 9.17. The maximum Gasteiger partial charge on any atom is 0.251 e. The lowest BCUT2D eigenvalue weighted by molar-refractivity contribution is -0.133. The summed E-state index contributed by atoms with van der Waals surface area (Å²) in [6.07, 6.45) is 4.54. The molecule has 7 heteroatoms. The van der Waals surface area contributed by atoms with Crippen molar-refractivity contribution in [1.29, 1.82) is 0 Å². The van der Waals surface area contributed by atoms with Crippen molar-refractivity contribution in [3.05, 3.63) is 65.7 Å². The summed E-state index contributed by atoms with van der Waals surface area (Å²) in [5.74, 6) is 0.393. The third-order valence-corrected chi connectivity index (χ3v) is 6.68. The monoisotopic (exact) mass is 463 g/mol. The van der Waals surface area contributed by atoms with Crippen molar-refractivity contribution in [2.45, 2.75) is 50.6 Å². The number of ether oxygens (including phenoxy) is 1. The van der Waals surface area contributed by atoms with Gasteiger partial charge in [0.2, 0.25) is 11.8 Å². The van der Waals surface area contributed by atoms with Crippen LogP contribution in [0.1, 0.15) is 48.0 Å². The van der Waals surface area contributed by atoms with E-state index in [1.54, 1.807) is 31.4 Å². The first-order valence-corrected chi connectivity index (χ1v) is 12.1. The number of nitrogens with zero attached hydrogens (tertiary/aromatic N) is 1. The van der Waals surface area contributed by atoms with E-state index < -0.39 is 6.04 Å². The van der Waals surface area contributed by atoms with Gasteiger partial charge in [0.1, 0.15) is 11.8 Å². The molecule has 2 aromatic rings. The van der Waals surface area contributed by atoms with Gasteiger partial charge in [-0.15, -0.1) is 0 Å². The normalized spacial score (nSPS) is 17.0. The highest BCUT2D eigenvalue weighted by atomic mass is 16.5. The lowest BCUT2D eigenvalue weighted by Gasteiger charge is -2.36. The van der Waals surface area contributed by atoms with Crippen LogP contribution >= 0.6 is 0 Å². The van der Waals surface area contributed by atoms with Crippen LogP contribution in [-0.4, -0.2) is 54.9 Å². The molecule has 0 aromatic heterocycles. The van der Waals surface area contributed by atoms with Gasteiger partial charge in [-0.1, -0.05) is 30.3 Å². The fourth-order valence-electron chi connectivity index (χ4n) is 4.42. The molecule has 2 fully saturated rings. The average molecular weight is 464 g/mol. The van der Waals surface area contributed by atoms with E-state index in [2.05, 4.69) is 10.6 Å². The number of benzene rings is 2. The molecule has 1 saturated heterocycles. The number of methoxy groups -OCH3 is 1. The fourth-order valence-corrected chi connectivity index (χ4v) is 4.42. The molecule has 1 saturated carbocycles. The zero-order valence-electron chi connectivity index (χ0n) is 19.7. The molecule has 7 nitrogen and oxygen atoms in total. The van der Waals surface area contributed by atoms with Gasteiger partial charge >= 0.3 is 0 Å². The Morgan fingerprint density at radius 3 is 2.26 bits per heavy atom. The molecular formula is C27H33N3O4. The predicted octanol–water partition coefficient (Wildman–Crippen LogP) is 2.94. The number of carbonyl (C=O) groups excluding carboxylic acids is 3. The first-order chi connectivity index (χ1) is 16.5. The van der Waals surface area contributed by atoms with Crippen LogP contribution in [0.2, 0.25) is 0 Å². The van der Waals surface area contributed by atoms with Crippen LogP contribution in [0.25, 0.3) is 0 Å². The number of amides is 3. The Morgan fingerprint density at radius 2 is 1.65 bits per heavy atom. The third kappa shape index (κ3) is 6.37. The molecule has 3 amide bonds. The maximum absolute atomic E-state index is 13.0. The summed E-state index contributed by atoms with van der Waals surface area (Å²) in [4.78, 5) is 40.5. The number of hydrogen-bond donors (Lipinski definition) is 2. The average Bonchev–Trinajstić information content (AvgIpc) is 3.70. The lowest BCUT2D eigenvalue weighted by Crippen LogP contribution is -2.54. The van der Waals surface area contributed by atoms with Gasteiger partial charge in [-0.05, 0) is 67.9 Å². The van der Waals surface area contributed by atoms with Crippen LogP contribution < -0.4 is 15.4 Å². The summed E-state index contributed by atoms with van der Waals surface area (Å²) in [5, 5.41) is 6.01. The second-order valence-corrected chi connectivity index (χ2v) is 9.17. The Hall–Kier alpha value is -3.35. The van der Waals surface area contributed by atoms with Crippen LogP contribution in [0.3, 0.4) is 0 Å². The summed E-state index contributed by atoms with van der Waals surface area (Å²) >= 11 is 0. The number of carbonyl (C=O) groups is 3. The molecule has 34 heavy (non-hydrogen) atoms. The summed E-state index contributed by atoms with van der Waals surface area (Å²) in [7, 11) is 1.58. The molecule has 1 heterocycles. The van der Waals surface area contributed by atoms with Gasteiger partial charge in [0.25, 0.3) is 5.91 Å². The van der Waals surface area contributed by atoms with E-state index in [0.717, 1.165) is 24.8 Å². The Morgan fingerprint density at radius 1 is 0.971 bits per heavy atom. The number of hydrogen-bond acceptors (Lipinski definition) is 4. The Bertz CT molecular complexity index is 981. The van der Waals surface area contributed by atoms with Crippen molar-refractivity contribution in [3.63, 3.8) is 0 Å². The number of likely N-dealkylation sites (tertiary alicyclic amines) is 1. The number of rotatable bonds is 9. The summed E-state index contributed by atoms with van der Waals surface area (Å²) in [5.41, 5.74) is 1.64. The van der Waals surface area contributed by atoms with E-state index in [4.69, 9.17) is 4.74 Å². The van der Waals surface area contributed by atoms with Crippen molar-refractivity contribution < 1.29 is 19.1 Å². The molecule has 1 aliphatic carbocycles. The molecular weight excluding hydrogens is 430 g/mol. The van der Waals surface area contributed by atoms with E-state index in [9.17, 15) is 14.4 Å². The van der Waals surface area contributed by atoms with Gasteiger partial charge < -0.3 is 20.3 Å². The van der Waals surface area contributed by atoms with Crippen LogP contribution in [0, 0.1) is 5.92 Å². The molecule has 0 spiro atoms. The highest BCUT2D eigenvalue weighted by Crippen LogP contribution is 2.25. The van der Waals surface area contributed by atoms with Crippen LogP contribution in [0.4, 0.5) is 0 Å². The minimum absolute atomic E-state index is 0.0147. The first-order valence-electron chi connectivity index (χ1n) is 12.1. The molecule has 0 bridgehead atoms. The van der Waals surface area contributed by atoms with Gasteiger partial charge in [0, 0.05) is 31.1 Å². The Kier molecular flexibility index (Phi) is 7.83. The topological polar surface area (TPSA) is 87.7 Å². The standard InChI is InChI=1S/C27H33N3O4/c1-34-23-12-8-21(9-13-23)26(32)29-25(27(33)28-22-10-11-22)20-15-17-30(18-16-20)24(31)14-7-19-5-3-2-4-6-19/h2-6,8-9,12-13,20,22,25H,7,10-11,14-18H2,1H3,(H,28,33)(H,29,32)/t25-/m1/s1. The summed E-state index contributed by atoms with van der Waals surface area (Å²) in [6.45, 7) is 1.20. The van der Waals surface area contributed by atoms with Crippen LogP contribution in [0.15, 0.2) is 54.6 Å². The molecule has 180 valence electrons. The fraction of sp³-hybridized carbons (Fsp3) is 0.444. The quantitative estimate of drug-likeness (QED) is 0.599. The van der Waals surface area contributed by atoms with E-state index in [-0.39, 0.29) is 29.7 Å². The number of piperidine rings is 1. The Balaban J connectivity index is 1.34.